The number of benzene rings is 1. The summed E-state index contributed by atoms with van der Waals surface area (Å²) in [6.07, 6.45) is 0.837. The van der Waals surface area contributed by atoms with Crippen molar-refractivity contribution in [3.63, 3.8) is 0 Å². The predicted molar refractivity (Wildman–Crippen MR) is 114 cm³/mol. The van der Waals surface area contributed by atoms with Gasteiger partial charge in [0, 0.05) is 25.4 Å². The summed E-state index contributed by atoms with van der Waals surface area (Å²) in [5.41, 5.74) is 1.79. The molecule has 1 aromatic rings. The largest absolute Gasteiger partial charge is 0.456 e. The van der Waals surface area contributed by atoms with Gasteiger partial charge in [-0.05, 0) is 18.9 Å². The monoisotopic (exact) mass is 449 g/mol. The van der Waals surface area contributed by atoms with E-state index in [4.69, 9.17) is 4.74 Å². The van der Waals surface area contributed by atoms with Crippen LogP contribution in [-0.2, 0) is 29.0 Å². The molecule has 10 heteroatoms. The van der Waals surface area contributed by atoms with Gasteiger partial charge < -0.3 is 9.64 Å². The van der Waals surface area contributed by atoms with Gasteiger partial charge >= 0.3 is 5.97 Å². The third-order valence-corrected chi connectivity index (χ3v) is 7.16. The van der Waals surface area contributed by atoms with Crippen LogP contribution in [0.4, 0.5) is 0 Å². The lowest BCUT2D eigenvalue weighted by molar-refractivity contribution is -0.153. The summed E-state index contributed by atoms with van der Waals surface area (Å²) < 4.78 is 28.3. The van der Waals surface area contributed by atoms with Gasteiger partial charge in [-0.25, -0.2) is 13.4 Å². The fourth-order valence-corrected chi connectivity index (χ4v) is 5.50. The normalized spacial score (nSPS) is 19.7. The van der Waals surface area contributed by atoms with E-state index in [2.05, 4.69) is 5.10 Å². The molecule has 2 aliphatic rings. The highest BCUT2D eigenvalue weighted by atomic mass is 32.2. The number of ether oxygens (including phenoxy) is 1. The molecule has 0 aliphatic carbocycles. The number of hydrazone groups is 1. The van der Waals surface area contributed by atoms with Gasteiger partial charge in [-0.1, -0.05) is 30.3 Å². The summed E-state index contributed by atoms with van der Waals surface area (Å²) >= 11 is 0. The minimum Gasteiger partial charge on any atom is -0.456 e. The Morgan fingerprint density at radius 1 is 1.19 bits per heavy atom. The first kappa shape index (κ1) is 22.9. The van der Waals surface area contributed by atoms with E-state index in [1.807, 2.05) is 30.3 Å². The maximum Gasteiger partial charge on any atom is 0.306 e. The zero-order chi connectivity index (χ0) is 22.4. The first-order chi connectivity index (χ1) is 14.8. The molecule has 1 atom stereocenters. The first-order valence-electron chi connectivity index (χ1n) is 10.4. The lowest BCUT2D eigenvalue weighted by atomic mass is 10.1. The number of likely N-dealkylation sites (N-methyl/N-ethyl adjacent to an activating group) is 1. The number of sulfone groups is 1. The van der Waals surface area contributed by atoms with Gasteiger partial charge in [-0.15, -0.1) is 0 Å². The van der Waals surface area contributed by atoms with Crippen molar-refractivity contribution in [2.45, 2.75) is 38.6 Å². The van der Waals surface area contributed by atoms with E-state index < -0.39 is 28.3 Å². The van der Waals surface area contributed by atoms with Gasteiger partial charge in [0.2, 0.25) is 5.91 Å². The molecule has 2 heterocycles. The molecule has 0 N–H and O–H groups in total. The topological polar surface area (TPSA) is 113 Å². The molecular formula is C21H27N3O6S. The van der Waals surface area contributed by atoms with Crippen molar-refractivity contribution < 1.29 is 27.5 Å². The fourth-order valence-electron chi connectivity index (χ4n) is 3.77. The summed E-state index contributed by atoms with van der Waals surface area (Å²) in [5, 5.41) is 5.70. The minimum absolute atomic E-state index is 0.0586. The zero-order valence-electron chi connectivity index (χ0n) is 17.5. The lowest BCUT2D eigenvalue weighted by Gasteiger charge is -2.26. The number of carbonyl (C=O) groups is 3. The van der Waals surface area contributed by atoms with Crippen molar-refractivity contribution in [2.24, 2.45) is 5.10 Å². The summed E-state index contributed by atoms with van der Waals surface area (Å²) in [5.74, 6) is -1.35. The van der Waals surface area contributed by atoms with E-state index in [1.165, 1.54) is 9.91 Å². The van der Waals surface area contributed by atoms with Crippen LogP contribution in [0.3, 0.4) is 0 Å². The molecule has 0 bridgehead atoms. The zero-order valence-corrected chi connectivity index (χ0v) is 18.3. The van der Waals surface area contributed by atoms with Crippen molar-refractivity contribution in [3.8, 4) is 0 Å². The molecule has 0 spiro atoms. The lowest BCUT2D eigenvalue weighted by Crippen LogP contribution is -2.43. The van der Waals surface area contributed by atoms with Crippen LogP contribution in [0.5, 0.6) is 0 Å². The maximum absolute atomic E-state index is 12.4. The molecule has 2 amide bonds. The van der Waals surface area contributed by atoms with Crippen LogP contribution >= 0.6 is 0 Å². The Bertz CT molecular complexity index is 961. The summed E-state index contributed by atoms with van der Waals surface area (Å²) in [6, 6.07) is 9.21. The van der Waals surface area contributed by atoms with Gasteiger partial charge in [-0.2, -0.15) is 5.10 Å². The van der Waals surface area contributed by atoms with E-state index in [0.29, 0.717) is 25.9 Å². The van der Waals surface area contributed by atoms with Gasteiger partial charge in [0.1, 0.15) is 0 Å². The second-order valence-electron chi connectivity index (χ2n) is 7.58. The maximum atomic E-state index is 12.4. The second kappa shape index (κ2) is 10.0. The molecule has 0 saturated carbocycles. The van der Waals surface area contributed by atoms with Crippen molar-refractivity contribution in [1.82, 2.24) is 9.91 Å². The third kappa shape index (κ3) is 6.13. The average molecular weight is 450 g/mol. The number of rotatable bonds is 8. The number of hydrogen-bond acceptors (Lipinski definition) is 7. The molecule has 9 nitrogen and oxygen atoms in total. The van der Waals surface area contributed by atoms with Crippen LogP contribution in [0.2, 0.25) is 0 Å². The Kier molecular flexibility index (Phi) is 7.42. The summed E-state index contributed by atoms with van der Waals surface area (Å²) in [4.78, 5) is 38.1. The van der Waals surface area contributed by atoms with Gasteiger partial charge in [-0.3, -0.25) is 14.4 Å². The van der Waals surface area contributed by atoms with E-state index in [-0.39, 0.29) is 36.3 Å². The smallest absolute Gasteiger partial charge is 0.306 e. The Labute approximate surface area is 182 Å². The number of esters is 1. The molecule has 0 unspecified atom stereocenters. The van der Waals surface area contributed by atoms with E-state index >= 15 is 0 Å². The van der Waals surface area contributed by atoms with E-state index in [9.17, 15) is 22.8 Å². The molecule has 3 rings (SSSR count). The molecule has 1 aromatic carbocycles. The Hall–Kier alpha value is -2.75. The van der Waals surface area contributed by atoms with Crippen molar-refractivity contribution in [1.29, 1.82) is 0 Å². The molecular weight excluding hydrogens is 422 g/mol. The molecule has 0 aromatic heterocycles. The standard InChI is InChI=1S/C21H27N3O6S/c1-2-23(17-11-13-31(28,29)15-17)20(26)14-30-21(27)9-8-19(25)24-12-10-18(22-24)16-6-4-3-5-7-16/h3-7,17H,2,8-15H2,1H3/t17-/m1/s1. The third-order valence-electron chi connectivity index (χ3n) is 5.41. The number of nitrogens with zero attached hydrogens (tertiary/aromatic N) is 3. The number of carbonyl (C=O) groups excluding carboxylic acids is 3. The molecule has 31 heavy (non-hydrogen) atoms. The Balaban J connectivity index is 1.42. The number of hydrogen-bond donors (Lipinski definition) is 0. The van der Waals surface area contributed by atoms with E-state index in [1.54, 1.807) is 6.92 Å². The Morgan fingerprint density at radius 2 is 1.94 bits per heavy atom. The van der Waals surface area contributed by atoms with Crippen molar-refractivity contribution in [3.05, 3.63) is 35.9 Å². The SMILES string of the molecule is CCN(C(=O)COC(=O)CCC(=O)N1CCC(c2ccccc2)=N1)[C@@H]1CCS(=O)(=O)C1. The van der Waals surface area contributed by atoms with Crippen molar-refractivity contribution >= 4 is 33.3 Å². The molecule has 1 fully saturated rings. The van der Waals surface area contributed by atoms with Crippen LogP contribution < -0.4 is 0 Å². The molecule has 0 radical (unpaired) electrons. The summed E-state index contributed by atoms with van der Waals surface area (Å²) in [7, 11) is -3.12. The van der Waals surface area contributed by atoms with Crippen LogP contribution in [0.1, 0.15) is 38.2 Å². The van der Waals surface area contributed by atoms with Crippen LogP contribution in [-0.4, -0.2) is 79.1 Å². The van der Waals surface area contributed by atoms with Crippen molar-refractivity contribution in [2.75, 3.05) is 31.2 Å². The quantitative estimate of drug-likeness (QED) is 0.547. The molecule has 1 saturated heterocycles. The predicted octanol–water partition coefficient (Wildman–Crippen LogP) is 0.982. The summed E-state index contributed by atoms with van der Waals surface area (Å²) in [6.45, 7) is 2.10. The van der Waals surface area contributed by atoms with Crippen LogP contribution in [0.25, 0.3) is 0 Å². The highest BCUT2D eigenvalue weighted by Gasteiger charge is 2.34. The van der Waals surface area contributed by atoms with Gasteiger partial charge in [0.25, 0.3) is 5.91 Å². The highest BCUT2D eigenvalue weighted by molar-refractivity contribution is 7.91. The Morgan fingerprint density at radius 3 is 2.58 bits per heavy atom. The fraction of sp³-hybridized carbons (Fsp3) is 0.524. The van der Waals surface area contributed by atoms with Gasteiger partial charge in [0.15, 0.2) is 16.4 Å². The average Bonchev–Trinajstić information content (AvgIpc) is 3.38. The molecule has 168 valence electrons. The number of amides is 2. The molecule has 2 aliphatic heterocycles. The highest BCUT2D eigenvalue weighted by Crippen LogP contribution is 2.18. The first-order valence-corrected chi connectivity index (χ1v) is 12.2. The van der Waals surface area contributed by atoms with Crippen LogP contribution in [0.15, 0.2) is 35.4 Å². The van der Waals surface area contributed by atoms with Gasteiger partial charge in [0.05, 0.1) is 30.2 Å². The minimum atomic E-state index is -3.12. The second-order valence-corrected chi connectivity index (χ2v) is 9.81. The van der Waals surface area contributed by atoms with Crippen LogP contribution in [0, 0.1) is 0 Å². The van der Waals surface area contributed by atoms with E-state index in [0.717, 1.165) is 11.3 Å².